The zero-order valence-corrected chi connectivity index (χ0v) is 12.0. The van der Waals surface area contributed by atoms with Crippen LogP contribution in [-0.4, -0.2) is 42.2 Å². The first kappa shape index (κ1) is 14.7. The van der Waals surface area contributed by atoms with E-state index in [-0.39, 0.29) is 17.7 Å². The topological polar surface area (TPSA) is 75.8 Å². The smallest absolute Gasteiger partial charge is 0.254 e. The van der Waals surface area contributed by atoms with Crippen molar-refractivity contribution in [3.8, 4) is 11.5 Å². The summed E-state index contributed by atoms with van der Waals surface area (Å²) in [6.45, 7) is 3.45. The summed E-state index contributed by atoms with van der Waals surface area (Å²) >= 11 is 0. The molecule has 5 nitrogen and oxygen atoms in total. The molecule has 3 N–H and O–H groups in total. The first-order chi connectivity index (χ1) is 9.56. The van der Waals surface area contributed by atoms with Crippen molar-refractivity contribution in [1.82, 2.24) is 4.90 Å². The van der Waals surface area contributed by atoms with Crippen LogP contribution in [0.1, 0.15) is 30.1 Å². The quantitative estimate of drug-likeness (QED) is 0.880. The van der Waals surface area contributed by atoms with Gasteiger partial charge in [0, 0.05) is 24.7 Å². The molecule has 5 heteroatoms. The highest BCUT2D eigenvalue weighted by atomic mass is 16.5. The Kier molecular flexibility index (Phi) is 4.49. The molecule has 2 atom stereocenters. The number of nitrogens with two attached hydrogens (primary N) is 1. The maximum absolute atomic E-state index is 12.5. The lowest BCUT2D eigenvalue weighted by Crippen LogP contribution is -2.49. The number of phenols is 1. The third-order valence-electron chi connectivity index (χ3n) is 4.03. The Morgan fingerprint density at radius 1 is 1.55 bits per heavy atom. The monoisotopic (exact) mass is 278 g/mol. The number of ether oxygens (including phenoxy) is 1. The lowest BCUT2D eigenvalue weighted by atomic mass is 9.90. The van der Waals surface area contributed by atoms with Crippen LogP contribution in [0.2, 0.25) is 0 Å². The maximum Gasteiger partial charge on any atom is 0.254 e. The van der Waals surface area contributed by atoms with Crippen molar-refractivity contribution >= 4 is 5.91 Å². The first-order valence-corrected chi connectivity index (χ1v) is 6.98. The molecule has 0 bridgehead atoms. The van der Waals surface area contributed by atoms with Crippen molar-refractivity contribution in [1.29, 1.82) is 0 Å². The Bertz CT molecular complexity index is 490. The zero-order valence-electron chi connectivity index (χ0n) is 12.0. The van der Waals surface area contributed by atoms with Crippen LogP contribution >= 0.6 is 0 Å². The van der Waals surface area contributed by atoms with Crippen LogP contribution in [0.3, 0.4) is 0 Å². The summed E-state index contributed by atoms with van der Waals surface area (Å²) in [4.78, 5) is 14.3. The predicted molar refractivity (Wildman–Crippen MR) is 76.9 cm³/mol. The summed E-state index contributed by atoms with van der Waals surface area (Å²) in [6, 6.07) is 4.91. The molecule has 2 rings (SSSR count). The number of likely N-dealkylation sites (tertiary alicyclic amines) is 1. The lowest BCUT2D eigenvalue weighted by molar-refractivity contribution is 0.0648. The second-order valence-corrected chi connectivity index (χ2v) is 5.26. The number of piperidine rings is 1. The van der Waals surface area contributed by atoms with Crippen molar-refractivity contribution in [3.05, 3.63) is 23.8 Å². The second-order valence-electron chi connectivity index (χ2n) is 5.26. The van der Waals surface area contributed by atoms with E-state index >= 15 is 0 Å². The minimum atomic E-state index is -0.0618. The van der Waals surface area contributed by atoms with Gasteiger partial charge in [-0.2, -0.15) is 0 Å². The Morgan fingerprint density at radius 3 is 2.90 bits per heavy atom. The molecule has 1 heterocycles. The highest BCUT2D eigenvalue weighted by Crippen LogP contribution is 2.28. The molecule has 1 amide bonds. The highest BCUT2D eigenvalue weighted by Gasteiger charge is 2.28. The van der Waals surface area contributed by atoms with Crippen molar-refractivity contribution < 1.29 is 14.6 Å². The second kappa shape index (κ2) is 6.13. The first-order valence-electron chi connectivity index (χ1n) is 6.98. The van der Waals surface area contributed by atoms with Gasteiger partial charge in [0.25, 0.3) is 5.91 Å². The average molecular weight is 278 g/mol. The number of methoxy groups -OCH3 is 1. The number of amides is 1. The zero-order chi connectivity index (χ0) is 14.7. The van der Waals surface area contributed by atoms with E-state index in [9.17, 15) is 9.90 Å². The van der Waals surface area contributed by atoms with E-state index in [0.717, 1.165) is 12.8 Å². The molecule has 0 aromatic heterocycles. The number of carbonyl (C=O) groups excluding carboxylic acids is 1. The number of benzene rings is 1. The van der Waals surface area contributed by atoms with Gasteiger partial charge in [0.2, 0.25) is 0 Å². The van der Waals surface area contributed by atoms with Crippen LogP contribution < -0.4 is 10.5 Å². The minimum absolute atomic E-state index is 0.0147. The Hall–Kier alpha value is -1.75. The Balaban J connectivity index is 2.13. The summed E-state index contributed by atoms with van der Waals surface area (Å²) in [5.74, 6) is 0.639. The number of hydrogen-bond acceptors (Lipinski definition) is 4. The molecule has 1 aromatic rings. The molecule has 110 valence electrons. The van der Waals surface area contributed by atoms with E-state index in [0.29, 0.717) is 30.3 Å². The fourth-order valence-electron chi connectivity index (χ4n) is 2.67. The van der Waals surface area contributed by atoms with E-state index in [1.54, 1.807) is 12.1 Å². The predicted octanol–water partition coefficient (Wildman–Crippen LogP) is 1.60. The van der Waals surface area contributed by atoms with Crippen LogP contribution in [0.4, 0.5) is 0 Å². The molecule has 1 aliphatic rings. The number of carbonyl (C=O) groups is 1. The molecular formula is C15H22N2O3. The molecule has 1 aliphatic heterocycles. The molecule has 1 fully saturated rings. The van der Waals surface area contributed by atoms with Crippen molar-refractivity contribution in [2.24, 2.45) is 11.7 Å². The van der Waals surface area contributed by atoms with Crippen LogP contribution in [0.5, 0.6) is 11.5 Å². The molecule has 0 saturated carbocycles. The third kappa shape index (κ3) is 2.88. The summed E-state index contributed by atoms with van der Waals surface area (Å²) < 4.78 is 4.98. The fourth-order valence-corrected chi connectivity index (χ4v) is 2.67. The van der Waals surface area contributed by atoms with Gasteiger partial charge < -0.3 is 20.5 Å². The minimum Gasteiger partial charge on any atom is -0.504 e. The summed E-state index contributed by atoms with van der Waals surface area (Å²) in [5, 5.41) is 9.76. The molecule has 0 aliphatic carbocycles. The van der Waals surface area contributed by atoms with Gasteiger partial charge in [0.15, 0.2) is 11.5 Å². The normalized spacial score (nSPS) is 22.6. The molecule has 1 saturated heterocycles. The van der Waals surface area contributed by atoms with Gasteiger partial charge in [0.1, 0.15) is 0 Å². The van der Waals surface area contributed by atoms with Crippen LogP contribution in [0, 0.1) is 5.92 Å². The number of hydrogen-bond donors (Lipinski definition) is 2. The summed E-state index contributed by atoms with van der Waals surface area (Å²) in [6.07, 6.45) is 1.80. The van der Waals surface area contributed by atoms with Crippen molar-refractivity contribution in [2.45, 2.75) is 25.8 Å². The van der Waals surface area contributed by atoms with Crippen molar-refractivity contribution in [3.63, 3.8) is 0 Å². The van der Waals surface area contributed by atoms with Crippen LogP contribution in [0.25, 0.3) is 0 Å². The van der Waals surface area contributed by atoms with E-state index in [1.165, 1.54) is 13.2 Å². The third-order valence-corrected chi connectivity index (χ3v) is 4.03. The van der Waals surface area contributed by atoms with Gasteiger partial charge >= 0.3 is 0 Å². The average Bonchev–Trinajstić information content (AvgIpc) is 2.47. The Morgan fingerprint density at radius 2 is 2.30 bits per heavy atom. The van der Waals surface area contributed by atoms with Gasteiger partial charge in [-0.3, -0.25) is 4.79 Å². The molecule has 1 aromatic carbocycles. The maximum atomic E-state index is 12.5. The van der Waals surface area contributed by atoms with Crippen LogP contribution in [-0.2, 0) is 0 Å². The lowest BCUT2D eigenvalue weighted by Gasteiger charge is -2.36. The fraction of sp³-hybridized carbons (Fsp3) is 0.533. The largest absolute Gasteiger partial charge is 0.504 e. The highest BCUT2D eigenvalue weighted by molar-refractivity contribution is 5.95. The van der Waals surface area contributed by atoms with Crippen LogP contribution in [0.15, 0.2) is 18.2 Å². The number of nitrogens with zero attached hydrogens (tertiary/aromatic N) is 1. The standard InChI is InChI=1S/C15H22N2O3/c1-3-10-9-17(7-6-12(10)16)15(19)11-4-5-14(20-2)13(18)8-11/h4-5,8,10,12,18H,3,6-7,9,16H2,1-2H3. The molecule has 0 spiro atoms. The van der Waals surface area contributed by atoms with E-state index in [2.05, 4.69) is 6.92 Å². The van der Waals surface area contributed by atoms with Gasteiger partial charge in [-0.1, -0.05) is 13.3 Å². The van der Waals surface area contributed by atoms with Gasteiger partial charge in [-0.15, -0.1) is 0 Å². The number of phenolic OH excluding ortho intramolecular Hbond substituents is 1. The van der Waals surface area contributed by atoms with E-state index in [4.69, 9.17) is 10.5 Å². The van der Waals surface area contributed by atoms with Gasteiger partial charge in [-0.25, -0.2) is 0 Å². The summed E-state index contributed by atoms with van der Waals surface area (Å²) in [5.41, 5.74) is 6.54. The number of rotatable bonds is 3. The molecule has 0 radical (unpaired) electrons. The van der Waals surface area contributed by atoms with E-state index in [1.807, 2.05) is 4.90 Å². The summed E-state index contributed by atoms with van der Waals surface area (Å²) in [7, 11) is 1.48. The molecule has 2 unspecified atom stereocenters. The number of aromatic hydroxyl groups is 1. The Labute approximate surface area is 119 Å². The molecule has 20 heavy (non-hydrogen) atoms. The SMILES string of the molecule is CCC1CN(C(=O)c2ccc(OC)c(O)c2)CCC1N. The van der Waals surface area contributed by atoms with E-state index < -0.39 is 0 Å². The molecular weight excluding hydrogens is 256 g/mol. The van der Waals surface area contributed by atoms with Gasteiger partial charge in [-0.05, 0) is 30.5 Å². The van der Waals surface area contributed by atoms with Crippen molar-refractivity contribution in [2.75, 3.05) is 20.2 Å². The van der Waals surface area contributed by atoms with Gasteiger partial charge in [0.05, 0.1) is 7.11 Å².